The second-order valence-corrected chi connectivity index (χ2v) is 13.8. The number of phosphoric acid groups is 1. The van der Waals surface area contributed by atoms with Gasteiger partial charge in [0, 0.05) is 5.92 Å². The third kappa shape index (κ3) is 5.30. The van der Waals surface area contributed by atoms with E-state index in [9.17, 15) is 23.7 Å². The smallest absolute Gasteiger partial charge is 0.382 e. The minimum atomic E-state index is -5.16. The van der Waals surface area contributed by atoms with E-state index in [0.717, 1.165) is 28.1 Å². The summed E-state index contributed by atoms with van der Waals surface area (Å²) in [6.45, 7) is -1.73. The van der Waals surface area contributed by atoms with E-state index in [1.165, 1.54) is 0 Å². The minimum Gasteiger partial charge on any atom is -0.382 e. The highest BCUT2D eigenvalue weighted by atomic mass is 31.2. The summed E-state index contributed by atoms with van der Waals surface area (Å²) in [5.74, 6) is -1.74. The Kier molecular flexibility index (Phi) is 7.26. The number of phosphoric ester groups is 1. The van der Waals surface area contributed by atoms with E-state index >= 15 is 8.78 Å². The van der Waals surface area contributed by atoms with Crippen LogP contribution in [0.3, 0.4) is 0 Å². The first-order valence-corrected chi connectivity index (χ1v) is 16.4. The van der Waals surface area contributed by atoms with Crippen LogP contribution >= 0.6 is 15.4 Å². The van der Waals surface area contributed by atoms with Crippen molar-refractivity contribution in [3.63, 3.8) is 0 Å². The van der Waals surface area contributed by atoms with Crippen molar-refractivity contribution in [1.82, 2.24) is 39.0 Å². The average Bonchev–Trinajstić information content (AvgIpc) is 3.72. The van der Waals surface area contributed by atoms with E-state index in [2.05, 4.69) is 29.9 Å². The maximum atomic E-state index is 15.9. The van der Waals surface area contributed by atoms with E-state index < -0.39 is 89.4 Å². The molecule has 2 unspecified atom stereocenters. The maximum absolute atomic E-state index is 15.9. The van der Waals surface area contributed by atoms with Gasteiger partial charge in [-0.15, -0.1) is 0 Å². The zero-order valence-electron chi connectivity index (χ0n) is 22.6. The predicted molar refractivity (Wildman–Crippen MR) is 145 cm³/mol. The number of rotatable bonds is 2. The van der Waals surface area contributed by atoms with E-state index in [1.807, 2.05) is 0 Å². The number of H-pyrrole nitrogens is 1. The molecule has 0 aromatic carbocycles. The molecule has 20 nitrogen and oxygen atoms in total. The Morgan fingerprint density at radius 3 is 2.38 bits per heavy atom. The molecule has 10 atom stereocenters. The molecule has 3 aliphatic rings. The Balaban J connectivity index is 1.21. The summed E-state index contributed by atoms with van der Waals surface area (Å²) in [6.07, 6.45) is -9.76. The highest BCUT2D eigenvalue weighted by Gasteiger charge is 2.54. The molecule has 0 radical (unpaired) electrons. The van der Waals surface area contributed by atoms with Gasteiger partial charge in [-0.25, -0.2) is 33.3 Å². The number of halogens is 2. The van der Waals surface area contributed by atoms with E-state index in [4.69, 9.17) is 34.5 Å². The molecule has 7 rings (SSSR count). The molecule has 4 aromatic heterocycles. The largest absolute Gasteiger partial charge is 0.472 e. The zero-order valence-corrected chi connectivity index (χ0v) is 24.4. The van der Waals surface area contributed by atoms with Crippen molar-refractivity contribution in [1.29, 1.82) is 0 Å². The molecule has 45 heavy (non-hydrogen) atoms. The molecular formula is C21H24F2N10O10P2. The third-order valence-electron chi connectivity index (χ3n) is 7.64. The number of imidazole rings is 2. The van der Waals surface area contributed by atoms with Crippen molar-refractivity contribution in [3.8, 4) is 0 Å². The molecule has 7 N–H and O–H groups in total. The van der Waals surface area contributed by atoms with Crippen LogP contribution in [0.5, 0.6) is 0 Å². The number of nitrogens with two attached hydrogens (primary N) is 2. The number of nitrogens with one attached hydrogen (secondary N) is 1. The van der Waals surface area contributed by atoms with Gasteiger partial charge in [0.05, 0.1) is 32.0 Å². The van der Waals surface area contributed by atoms with Gasteiger partial charge in [-0.05, 0) is 0 Å². The molecule has 0 amide bonds. The molecule has 4 aromatic rings. The summed E-state index contributed by atoms with van der Waals surface area (Å²) in [5, 5.41) is 0. The van der Waals surface area contributed by atoms with Gasteiger partial charge in [-0.1, -0.05) is 0 Å². The molecule has 24 heteroatoms. The standard InChI is InChI=1S/C21H24F2N10O10P2/c22-10-7-3-44(35,36)39-2-9-14(11(23)20(42-9)32-5-28-12-15(24)26-4-27-16(12)32)43-45(37,38)40-1-8(10)41-19(7)33-6-29-13-17(33)30-21(25)31-18(13)34/h4-11,14,19-20H,1-3H2,(H,35,36)(H,37,38)(H2,24,26,27)(H3,25,30,31,34)/t7-,8-,9-,10+,11-,14-,19-,20-/m1/s1. The first kappa shape index (κ1) is 30.2. The Bertz CT molecular complexity index is 1940. The molecular weight excluding hydrogens is 652 g/mol. The van der Waals surface area contributed by atoms with Crippen LogP contribution in [0.1, 0.15) is 12.5 Å². The molecule has 7 heterocycles. The van der Waals surface area contributed by atoms with Crippen molar-refractivity contribution >= 4 is 49.5 Å². The summed E-state index contributed by atoms with van der Waals surface area (Å²) in [6, 6.07) is 0. The van der Waals surface area contributed by atoms with Gasteiger partial charge in [0.25, 0.3) is 5.56 Å². The summed E-state index contributed by atoms with van der Waals surface area (Å²) >= 11 is 0. The monoisotopic (exact) mass is 676 g/mol. The first-order valence-electron chi connectivity index (χ1n) is 13.2. The van der Waals surface area contributed by atoms with E-state index in [0.29, 0.717) is 0 Å². The summed E-state index contributed by atoms with van der Waals surface area (Å²) in [7, 11) is -9.89. The lowest BCUT2D eigenvalue weighted by Gasteiger charge is -2.25. The van der Waals surface area contributed by atoms with Crippen molar-refractivity contribution in [2.45, 2.75) is 43.1 Å². The van der Waals surface area contributed by atoms with Crippen molar-refractivity contribution in [2.24, 2.45) is 5.92 Å². The second-order valence-electron chi connectivity index (χ2n) is 10.5. The molecule has 3 aliphatic heterocycles. The van der Waals surface area contributed by atoms with Gasteiger partial charge in [-0.2, -0.15) is 4.98 Å². The van der Waals surface area contributed by atoms with Crippen LogP contribution in [0, 0.1) is 5.92 Å². The molecule has 0 aliphatic carbocycles. The van der Waals surface area contributed by atoms with Crippen LogP contribution < -0.4 is 17.0 Å². The fraction of sp³-hybridized carbons (Fsp3) is 0.524. The average molecular weight is 676 g/mol. The summed E-state index contributed by atoms with van der Waals surface area (Å²) < 4.78 is 87.2. The van der Waals surface area contributed by atoms with Gasteiger partial charge in [0.1, 0.15) is 42.6 Å². The molecule has 0 spiro atoms. The maximum Gasteiger partial charge on any atom is 0.472 e. The Labute approximate surface area is 248 Å². The van der Waals surface area contributed by atoms with Crippen LogP contribution in [0.25, 0.3) is 22.3 Å². The summed E-state index contributed by atoms with van der Waals surface area (Å²) in [4.78, 5) is 55.7. The SMILES string of the molecule is Nc1nc2c(ncn2[C@@H]2O[C@@H]3COP(=O)(O)O[C@H]4[C@@H](F)[C@H](n5cnc6c(N)ncnc65)O[C@@H]4COP(=O)(O)C[C@@H]2[C@@H]3F)c(=O)[nH]1. The van der Waals surface area contributed by atoms with Gasteiger partial charge >= 0.3 is 15.4 Å². The molecule has 0 saturated carbocycles. The Morgan fingerprint density at radius 1 is 0.911 bits per heavy atom. The number of aromatic amines is 1. The van der Waals surface area contributed by atoms with Crippen LogP contribution in [0.4, 0.5) is 20.5 Å². The number of hydrogen-bond donors (Lipinski definition) is 5. The molecule has 2 bridgehead atoms. The van der Waals surface area contributed by atoms with Crippen LogP contribution in [-0.4, -0.2) is 98.9 Å². The molecule has 3 fully saturated rings. The quantitative estimate of drug-likeness (QED) is 0.174. The van der Waals surface area contributed by atoms with Crippen molar-refractivity contribution in [2.75, 3.05) is 30.8 Å². The number of fused-ring (bicyclic) bond motifs is 5. The minimum absolute atomic E-state index is 0.000153. The second kappa shape index (κ2) is 10.8. The summed E-state index contributed by atoms with van der Waals surface area (Å²) in [5.41, 5.74) is 10.7. The van der Waals surface area contributed by atoms with E-state index in [-0.39, 0.29) is 34.1 Å². The van der Waals surface area contributed by atoms with Crippen LogP contribution in [-0.2, 0) is 32.2 Å². The highest BCUT2D eigenvalue weighted by Crippen LogP contribution is 2.54. The lowest BCUT2D eigenvalue weighted by Crippen LogP contribution is -2.34. The number of hydrogen-bond acceptors (Lipinski definition) is 15. The number of anilines is 2. The van der Waals surface area contributed by atoms with Crippen molar-refractivity contribution in [3.05, 3.63) is 29.3 Å². The lowest BCUT2D eigenvalue weighted by atomic mass is 10.0. The number of nitrogen functional groups attached to an aromatic ring is 2. The number of aromatic nitrogens is 8. The number of nitrogens with zero attached hydrogens (tertiary/aromatic N) is 7. The van der Waals surface area contributed by atoms with Gasteiger partial charge in [0.2, 0.25) is 5.95 Å². The number of ether oxygens (including phenoxy) is 2. The van der Waals surface area contributed by atoms with Gasteiger partial charge < -0.3 is 35.3 Å². The van der Waals surface area contributed by atoms with Crippen molar-refractivity contribution < 1.29 is 50.7 Å². The Hall–Kier alpha value is -3.46. The fourth-order valence-electron chi connectivity index (χ4n) is 5.61. The normalized spacial score (nSPS) is 37.7. The molecule has 242 valence electrons. The predicted octanol–water partition coefficient (Wildman–Crippen LogP) is -0.0711. The lowest BCUT2D eigenvalue weighted by molar-refractivity contribution is -0.0523. The zero-order chi connectivity index (χ0) is 31.8. The number of alkyl halides is 2. The van der Waals surface area contributed by atoms with Gasteiger partial charge in [0.15, 0.2) is 35.0 Å². The van der Waals surface area contributed by atoms with Gasteiger partial charge in [-0.3, -0.25) is 32.5 Å². The third-order valence-corrected chi connectivity index (χ3v) is 10.1. The molecule has 3 saturated heterocycles. The topological polar surface area (TPSA) is 280 Å². The van der Waals surface area contributed by atoms with Crippen LogP contribution in [0.2, 0.25) is 0 Å². The first-order chi connectivity index (χ1) is 21.3. The Morgan fingerprint density at radius 2 is 1.60 bits per heavy atom. The van der Waals surface area contributed by atoms with E-state index in [1.54, 1.807) is 0 Å². The van der Waals surface area contributed by atoms with Crippen LogP contribution in [0.15, 0.2) is 23.8 Å². The fourth-order valence-corrected chi connectivity index (χ4v) is 7.96. The highest BCUT2D eigenvalue weighted by molar-refractivity contribution is 7.52.